The van der Waals surface area contributed by atoms with Crippen LogP contribution in [0.15, 0.2) is 48.5 Å². The van der Waals surface area contributed by atoms with Crippen LogP contribution >= 0.6 is 0 Å². The summed E-state index contributed by atoms with van der Waals surface area (Å²) in [5, 5.41) is 0. The van der Waals surface area contributed by atoms with Crippen molar-refractivity contribution in [2.45, 2.75) is 19.9 Å². The van der Waals surface area contributed by atoms with E-state index in [0.29, 0.717) is 44.1 Å². The first kappa shape index (κ1) is 24.6. The maximum absolute atomic E-state index is 14.4. The molecule has 2 fully saturated rings. The van der Waals surface area contributed by atoms with Gasteiger partial charge >= 0.3 is 0 Å². The first-order valence-electron chi connectivity index (χ1n) is 12.5. The average Bonchev–Trinajstić information content (AvgIpc) is 2.87. The van der Waals surface area contributed by atoms with Crippen molar-refractivity contribution in [2.75, 3.05) is 72.1 Å². The summed E-state index contributed by atoms with van der Waals surface area (Å²) >= 11 is 0. The van der Waals surface area contributed by atoms with Crippen LogP contribution in [0, 0.1) is 5.82 Å². The Hall–Kier alpha value is -2.48. The molecule has 6 nitrogen and oxygen atoms in total. The van der Waals surface area contributed by atoms with Crippen molar-refractivity contribution in [1.29, 1.82) is 0 Å². The van der Waals surface area contributed by atoms with Gasteiger partial charge in [0.15, 0.2) is 0 Å². The van der Waals surface area contributed by atoms with Crippen LogP contribution in [-0.2, 0) is 17.8 Å². The summed E-state index contributed by atoms with van der Waals surface area (Å²) < 4.78 is 20.0. The quantitative estimate of drug-likeness (QED) is 0.566. The fourth-order valence-electron chi connectivity index (χ4n) is 4.76. The third-order valence-corrected chi connectivity index (χ3v) is 6.87. The number of piperazine rings is 2. The number of halogens is 1. The van der Waals surface area contributed by atoms with Crippen molar-refractivity contribution in [3.63, 3.8) is 0 Å². The summed E-state index contributed by atoms with van der Waals surface area (Å²) in [4.78, 5) is 21.8. The molecule has 0 radical (unpaired) electrons. The molecule has 0 aliphatic carbocycles. The zero-order chi connectivity index (χ0) is 23.8. The van der Waals surface area contributed by atoms with Gasteiger partial charge in [-0.2, -0.15) is 0 Å². The monoisotopic (exact) mass is 468 g/mol. The number of carbonyl (C=O) groups excluding carboxylic acids is 1. The molecule has 7 heteroatoms. The summed E-state index contributed by atoms with van der Waals surface area (Å²) in [5.74, 6) is 0.592. The first-order chi connectivity index (χ1) is 16.6. The zero-order valence-corrected chi connectivity index (χ0v) is 20.3. The highest BCUT2D eigenvalue weighted by Gasteiger charge is 2.25. The molecule has 2 aliphatic heterocycles. The molecule has 2 aromatic rings. The van der Waals surface area contributed by atoms with Crippen molar-refractivity contribution in [3.05, 3.63) is 65.5 Å². The lowest BCUT2D eigenvalue weighted by Gasteiger charge is -2.38. The van der Waals surface area contributed by atoms with E-state index in [9.17, 15) is 9.18 Å². The molecule has 2 aromatic carbocycles. The first-order valence-corrected chi connectivity index (χ1v) is 12.5. The minimum absolute atomic E-state index is 0.207. The Bertz CT molecular complexity index is 910. The van der Waals surface area contributed by atoms with Gasteiger partial charge in [-0.1, -0.05) is 36.4 Å². The normalized spacial score (nSPS) is 18.2. The lowest BCUT2D eigenvalue weighted by Crippen LogP contribution is -2.53. The van der Waals surface area contributed by atoms with Crippen molar-refractivity contribution in [2.24, 2.45) is 0 Å². The molecule has 0 bridgehead atoms. The van der Waals surface area contributed by atoms with Crippen molar-refractivity contribution in [1.82, 2.24) is 19.6 Å². The highest BCUT2D eigenvalue weighted by atomic mass is 19.1. The number of rotatable bonds is 9. The van der Waals surface area contributed by atoms with E-state index in [1.807, 2.05) is 17.9 Å². The van der Waals surface area contributed by atoms with Gasteiger partial charge in [0.25, 0.3) is 0 Å². The summed E-state index contributed by atoms with van der Waals surface area (Å²) in [5.41, 5.74) is 1.98. The van der Waals surface area contributed by atoms with E-state index < -0.39 is 0 Å². The lowest BCUT2D eigenvalue weighted by atomic mass is 10.1. The molecular weight excluding hydrogens is 431 g/mol. The Morgan fingerprint density at radius 1 is 0.853 bits per heavy atom. The molecule has 0 unspecified atom stereocenters. The largest absolute Gasteiger partial charge is 0.493 e. The van der Waals surface area contributed by atoms with E-state index in [-0.39, 0.29) is 11.7 Å². The molecule has 0 saturated carbocycles. The Kier molecular flexibility index (Phi) is 8.91. The second kappa shape index (κ2) is 12.3. The molecule has 0 aromatic heterocycles. The zero-order valence-electron chi connectivity index (χ0n) is 20.3. The standard InChI is InChI=1S/C27H37FN4O2/c1-2-34-26-10-6-9-25(28)24(26)21-30-17-19-32(20-18-30)27(33)22-31-15-13-29(14-16-31)12-11-23-7-4-3-5-8-23/h3-10H,2,11-22H2,1H3. The number of amides is 1. The van der Waals surface area contributed by atoms with Crippen LogP contribution in [0.5, 0.6) is 5.75 Å². The topological polar surface area (TPSA) is 39.3 Å². The van der Waals surface area contributed by atoms with Crippen LogP contribution in [0.3, 0.4) is 0 Å². The minimum Gasteiger partial charge on any atom is -0.493 e. The summed E-state index contributed by atoms with van der Waals surface area (Å²) in [6.45, 7) is 11.3. The molecule has 2 heterocycles. The molecule has 0 spiro atoms. The molecule has 4 rings (SSSR count). The third kappa shape index (κ3) is 6.78. The summed E-state index contributed by atoms with van der Waals surface area (Å²) in [6.07, 6.45) is 1.07. The molecule has 2 saturated heterocycles. The van der Waals surface area contributed by atoms with Crippen LogP contribution in [0.1, 0.15) is 18.1 Å². The Morgan fingerprint density at radius 3 is 2.24 bits per heavy atom. The number of carbonyl (C=O) groups is 1. The predicted molar refractivity (Wildman–Crippen MR) is 132 cm³/mol. The van der Waals surface area contributed by atoms with Gasteiger partial charge in [-0.25, -0.2) is 4.39 Å². The second-order valence-electron chi connectivity index (χ2n) is 9.16. The maximum Gasteiger partial charge on any atom is 0.236 e. The summed E-state index contributed by atoms with van der Waals surface area (Å²) in [7, 11) is 0. The second-order valence-corrected chi connectivity index (χ2v) is 9.16. The van der Waals surface area contributed by atoms with E-state index in [2.05, 4.69) is 45.0 Å². The molecule has 184 valence electrons. The van der Waals surface area contributed by atoms with Gasteiger partial charge in [-0.15, -0.1) is 0 Å². The number of nitrogens with zero attached hydrogens (tertiary/aromatic N) is 4. The molecule has 2 aliphatic rings. The van der Waals surface area contributed by atoms with Crippen LogP contribution in [0.25, 0.3) is 0 Å². The number of hydrogen-bond acceptors (Lipinski definition) is 5. The van der Waals surface area contributed by atoms with Crippen molar-refractivity contribution in [3.8, 4) is 5.75 Å². The Balaban J connectivity index is 1.17. The molecular formula is C27H37FN4O2. The van der Waals surface area contributed by atoms with Gasteiger partial charge in [-0.3, -0.25) is 14.6 Å². The smallest absolute Gasteiger partial charge is 0.236 e. The number of benzene rings is 2. The van der Waals surface area contributed by atoms with Crippen molar-refractivity contribution >= 4 is 5.91 Å². The average molecular weight is 469 g/mol. The molecule has 0 N–H and O–H groups in total. The molecule has 1 amide bonds. The number of hydrogen-bond donors (Lipinski definition) is 0. The maximum atomic E-state index is 14.4. The SMILES string of the molecule is CCOc1cccc(F)c1CN1CCN(C(=O)CN2CCN(CCc3ccccc3)CC2)CC1. The van der Waals surface area contributed by atoms with Gasteiger partial charge in [0.1, 0.15) is 11.6 Å². The number of ether oxygens (including phenoxy) is 1. The van der Waals surface area contributed by atoms with Crippen LogP contribution < -0.4 is 4.74 Å². The van der Waals surface area contributed by atoms with E-state index in [1.165, 1.54) is 11.6 Å². The van der Waals surface area contributed by atoms with E-state index in [1.54, 1.807) is 6.07 Å². The summed E-state index contributed by atoms with van der Waals surface area (Å²) in [6, 6.07) is 15.6. The fourth-order valence-corrected chi connectivity index (χ4v) is 4.76. The lowest BCUT2D eigenvalue weighted by molar-refractivity contribution is -0.134. The minimum atomic E-state index is -0.229. The van der Waals surface area contributed by atoms with E-state index in [0.717, 1.165) is 52.2 Å². The van der Waals surface area contributed by atoms with E-state index in [4.69, 9.17) is 4.74 Å². The highest BCUT2D eigenvalue weighted by molar-refractivity contribution is 5.78. The van der Waals surface area contributed by atoms with Gasteiger partial charge in [0, 0.05) is 71.0 Å². The third-order valence-electron chi connectivity index (χ3n) is 6.87. The predicted octanol–water partition coefficient (Wildman–Crippen LogP) is 2.73. The van der Waals surface area contributed by atoms with Crippen LogP contribution in [-0.4, -0.2) is 97.6 Å². The molecule has 34 heavy (non-hydrogen) atoms. The van der Waals surface area contributed by atoms with Crippen LogP contribution in [0.2, 0.25) is 0 Å². The molecule has 0 atom stereocenters. The Morgan fingerprint density at radius 2 is 1.53 bits per heavy atom. The van der Waals surface area contributed by atoms with Gasteiger partial charge in [-0.05, 0) is 31.0 Å². The van der Waals surface area contributed by atoms with E-state index >= 15 is 0 Å². The van der Waals surface area contributed by atoms with Gasteiger partial charge in [0.05, 0.1) is 13.2 Å². The van der Waals surface area contributed by atoms with Gasteiger partial charge < -0.3 is 14.5 Å². The highest BCUT2D eigenvalue weighted by Crippen LogP contribution is 2.24. The van der Waals surface area contributed by atoms with Gasteiger partial charge in [0.2, 0.25) is 5.91 Å². The Labute approximate surface area is 202 Å². The fraction of sp³-hybridized carbons (Fsp3) is 0.519. The van der Waals surface area contributed by atoms with Crippen molar-refractivity contribution < 1.29 is 13.9 Å². The van der Waals surface area contributed by atoms with Crippen LogP contribution in [0.4, 0.5) is 4.39 Å².